The van der Waals surface area contributed by atoms with Gasteiger partial charge in [0.15, 0.2) is 0 Å². The Kier molecular flexibility index (Phi) is 6.25. The van der Waals surface area contributed by atoms with Gasteiger partial charge in [-0.1, -0.05) is 54.6 Å². The summed E-state index contributed by atoms with van der Waals surface area (Å²) in [6, 6.07) is 17.6. The molecule has 5 rings (SSSR count). The fourth-order valence-corrected chi connectivity index (χ4v) is 4.47. The molecular formula is C22H22Cl2F2N2. The lowest BCUT2D eigenvalue weighted by molar-refractivity contribution is 0.0189. The third kappa shape index (κ3) is 3.29. The zero-order valence-electron chi connectivity index (χ0n) is 15.2. The van der Waals surface area contributed by atoms with Gasteiger partial charge < -0.3 is 5.32 Å². The summed E-state index contributed by atoms with van der Waals surface area (Å²) < 4.78 is 28.3. The van der Waals surface area contributed by atoms with E-state index in [1.54, 1.807) is 0 Å². The monoisotopic (exact) mass is 422 g/mol. The van der Waals surface area contributed by atoms with E-state index in [-0.39, 0.29) is 24.8 Å². The quantitative estimate of drug-likeness (QED) is 0.429. The molecule has 1 aliphatic rings. The van der Waals surface area contributed by atoms with E-state index in [0.29, 0.717) is 13.1 Å². The van der Waals surface area contributed by atoms with Crippen LogP contribution < -0.4 is 5.32 Å². The maximum Gasteiger partial charge on any atom is 0.258 e. The largest absolute Gasteiger partial charge is 0.314 e. The Bertz CT molecular complexity index is 1060. The van der Waals surface area contributed by atoms with E-state index in [1.165, 1.54) is 5.39 Å². The highest BCUT2D eigenvalue weighted by atomic mass is 35.5. The van der Waals surface area contributed by atoms with Crippen LogP contribution in [0.3, 0.4) is 0 Å². The lowest BCUT2D eigenvalue weighted by Crippen LogP contribution is -2.46. The van der Waals surface area contributed by atoms with Crippen LogP contribution in [0.4, 0.5) is 8.78 Å². The topological polar surface area (TPSA) is 15.3 Å². The normalized spacial score (nSPS) is 16.4. The van der Waals surface area contributed by atoms with Crippen molar-refractivity contribution in [2.24, 2.45) is 0 Å². The summed E-state index contributed by atoms with van der Waals surface area (Å²) in [7, 11) is 0. The molecule has 0 saturated carbocycles. The van der Waals surface area contributed by atoms with E-state index in [0.717, 1.165) is 45.6 Å². The summed E-state index contributed by atoms with van der Waals surface area (Å²) >= 11 is 0. The maximum absolute atomic E-state index is 14.1. The van der Waals surface area contributed by atoms with Crippen LogP contribution in [0.5, 0.6) is 0 Å². The highest BCUT2D eigenvalue weighted by molar-refractivity contribution is 6.23. The zero-order valence-corrected chi connectivity index (χ0v) is 16.8. The van der Waals surface area contributed by atoms with Crippen LogP contribution >= 0.6 is 24.8 Å². The Morgan fingerprint density at radius 2 is 1.32 bits per heavy atom. The van der Waals surface area contributed by atoms with E-state index in [2.05, 4.69) is 35.6 Å². The third-order valence-corrected chi connectivity index (χ3v) is 5.66. The molecule has 6 heteroatoms. The molecular weight excluding hydrogens is 401 g/mol. The smallest absolute Gasteiger partial charge is 0.258 e. The van der Waals surface area contributed by atoms with Gasteiger partial charge in [0.25, 0.3) is 6.43 Å². The van der Waals surface area contributed by atoms with E-state index < -0.39 is 12.5 Å². The van der Waals surface area contributed by atoms with Crippen LogP contribution in [0.1, 0.15) is 11.6 Å². The molecule has 28 heavy (non-hydrogen) atoms. The fraction of sp³-hybridized carbons (Fsp3) is 0.273. The molecule has 4 aromatic carbocycles. The van der Waals surface area contributed by atoms with Crippen molar-refractivity contribution in [1.29, 1.82) is 0 Å². The number of rotatable bonds is 3. The summed E-state index contributed by atoms with van der Waals surface area (Å²) in [5, 5.41) is 9.93. The van der Waals surface area contributed by atoms with Gasteiger partial charge in [0, 0.05) is 26.2 Å². The van der Waals surface area contributed by atoms with Crippen molar-refractivity contribution in [1.82, 2.24) is 10.2 Å². The Morgan fingerprint density at radius 3 is 1.96 bits per heavy atom. The average molecular weight is 423 g/mol. The molecule has 0 unspecified atom stereocenters. The van der Waals surface area contributed by atoms with Gasteiger partial charge >= 0.3 is 0 Å². The second kappa shape index (κ2) is 8.34. The molecule has 1 saturated heterocycles. The number of piperazine rings is 1. The van der Waals surface area contributed by atoms with E-state index in [9.17, 15) is 8.78 Å². The van der Waals surface area contributed by atoms with Gasteiger partial charge in [0.2, 0.25) is 0 Å². The van der Waals surface area contributed by atoms with Crippen molar-refractivity contribution in [3.05, 3.63) is 60.2 Å². The molecule has 0 spiro atoms. The molecule has 0 aromatic heterocycles. The number of hydrogen-bond acceptors (Lipinski definition) is 2. The first kappa shape index (κ1) is 21.0. The van der Waals surface area contributed by atoms with Crippen LogP contribution in [0, 0.1) is 0 Å². The zero-order chi connectivity index (χ0) is 17.7. The van der Waals surface area contributed by atoms with Crippen molar-refractivity contribution >= 4 is 57.1 Å². The predicted molar refractivity (Wildman–Crippen MR) is 118 cm³/mol. The summed E-state index contributed by atoms with van der Waals surface area (Å²) in [6.45, 7) is 2.82. The lowest BCUT2D eigenvalue weighted by atomic mass is 9.89. The highest BCUT2D eigenvalue weighted by Gasteiger charge is 2.31. The van der Waals surface area contributed by atoms with Crippen LogP contribution in [-0.2, 0) is 0 Å². The molecule has 148 valence electrons. The third-order valence-electron chi connectivity index (χ3n) is 5.66. The summed E-state index contributed by atoms with van der Waals surface area (Å²) in [5.41, 5.74) is 0.743. The van der Waals surface area contributed by atoms with Gasteiger partial charge in [0.1, 0.15) is 0 Å². The van der Waals surface area contributed by atoms with Gasteiger partial charge in [-0.2, -0.15) is 0 Å². The Morgan fingerprint density at radius 1 is 0.750 bits per heavy atom. The minimum atomic E-state index is -2.41. The van der Waals surface area contributed by atoms with E-state index in [1.807, 2.05) is 29.2 Å². The van der Waals surface area contributed by atoms with E-state index in [4.69, 9.17) is 0 Å². The van der Waals surface area contributed by atoms with Gasteiger partial charge in [-0.3, -0.25) is 4.90 Å². The molecule has 0 aliphatic carbocycles. The summed E-state index contributed by atoms with van der Waals surface area (Å²) in [6.07, 6.45) is -2.41. The molecule has 1 atom stereocenters. The number of alkyl halides is 2. The summed E-state index contributed by atoms with van der Waals surface area (Å²) in [5.74, 6) is 0. The number of benzene rings is 4. The Hall–Kier alpha value is -1.72. The van der Waals surface area contributed by atoms with Crippen LogP contribution in [0.15, 0.2) is 54.6 Å². The van der Waals surface area contributed by atoms with Crippen LogP contribution in [0.2, 0.25) is 0 Å². The first-order valence-electron chi connectivity index (χ1n) is 9.13. The van der Waals surface area contributed by atoms with Crippen molar-refractivity contribution < 1.29 is 8.78 Å². The predicted octanol–water partition coefficient (Wildman–Crippen LogP) is 5.64. The second-order valence-electron chi connectivity index (χ2n) is 7.08. The molecule has 0 amide bonds. The van der Waals surface area contributed by atoms with Gasteiger partial charge in [-0.05, 0) is 37.9 Å². The maximum atomic E-state index is 14.1. The molecule has 1 heterocycles. The molecule has 0 radical (unpaired) electrons. The first-order valence-corrected chi connectivity index (χ1v) is 9.13. The number of hydrogen-bond donors (Lipinski definition) is 1. The van der Waals surface area contributed by atoms with Gasteiger partial charge in [-0.15, -0.1) is 24.8 Å². The van der Waals surface area contributed by atoms with Crippen molar-refractivity contribution in [2.45, 2.75) is 12.5 Å². The van der Waals surface area contributed by atoms with Crippen LogP contribution in [-0.4, -0.2) is 37.5 Å². The van der Waals surface area contributed by atoms with E-state index >= 15 is 0 Å². The minimum Gasteiger partial charge on any atom is -0.314 e. The second-order valence-corrected chi connectivity index (χ2v) is 7.08. The molecule has 1 fully saturated rings. The summed E-state index contributed by atoms with van der Waals surface area (Å²) in [4.78, 5) is 1.92. The molecule has 0 bridgehead atoms. The van der Waals surface area contributed by atoms with Crippen molar-refractivity contribution in [3.63, 3.8) is 0 Å². The number of nitrogens with one attached hydrogen (secondary N) is 1. The number of halogens is 4. The molecule has 4 aromatic rings. The van der Waals surface area contributed by atoms with Crippen molar-refractivity contribution in [2.75, 3.05) is 26.2 Å². The van der Waals surface area contributed by atoms with Gasteiger partial charge in [0.05, 0.1) is 6.04 Å². The van der Waals surface area contributed by atoms with Gasteiger partial charge in [-0.25, -0.2) is 8.78 Å². The molecule has 1 N–H and O–H groups in total. The first-order chi connectivity index (χ1) is 12.7. The Balaban J connectivity index is 0.00000112. The fourth-order valence-electron chi connectivity index (χ4n) is 4.47. The standard InChI is InChI=1S/C22H20F2N2.2ClH/c23-22(24)21(26-12-10-25-11-13-26)18-9-7-16-5-4-14-2-1-3-15-6-8-17(18)20(16)19(14)15;;/h1-9,21-22,25H,10-13H2;2*1H/t21-;;/m1../s1. The minimum absolute atomic E-state index is 0. The van der Waals surface area contributed by atoms with Crippen LogP contribution in [0.25, 0.3) is 32.3 Å². The molecule has 1 aliphatic heterocycles. The molecule has 2 nitrogen and oxygen atoms in total. The average Bonchev–Trinajstić information content (AvgIpc) is 2.68. The van der Waals surface area contributed by atoms with Crippen molar-refractivity contribution in [3.8, 4) is 0 Å². The number of nitrogens with zero attached hydrogens (tertiary/aromatic N) is 1. The SMILES string of the molecule is Cl.Cl.FC(F)[C@@H](c1ccc2ccc3cccc4ccc1c2c34)N1CCNCC1. The lowest BCUT2D eigenvalue weighted by Gasteiger charge is -2.35. The highest BCUT2D eigenvalue weighted by Crippen LogP contribution is 2.40. The Labute approximate surface area is 175 Å².